The van der Waals surface area contributed by atoms with Gasteiger partial charge in [0.25, 0.3) is 11.8 Å². The summed E-state index contributed by atoms with van der Waals surface area (Å²) in [4.78, 5) is 15.9. The number of ether oxygens (including phenoxy) is 1. The lowest BCUT2D eigenvalue weighted by atomic mass is 10.1. The lowest BCUT2D eigenvalue weighted by Gasteiger charge is -2.45. The molecule has 4 rings (SSSR count). The van der Waals surface area contributed by atoms with E-state index in [1.807, 2.05) is 6.07 Å². The number of H-pyrrole nitrogens is 1. The van der Waals surface area contributed by atoms with Crippen LogP contribution in [0.15, 0.2) is 6.07 Å². The summed E-state index contributed by atoms with van der Waals surface area (Å²) in [6, 6.07) is 1.52. The van der Waals surface area contributed by atoms with Gasteiger partial charge >= 0.3 is 0 Å². The van der Waals surface area contributed by atoms with Gasteiger partial charge in [-0.05, 0) is 18.9 Å². The molecule has 132 valence electrons. The van der Waals surface area contributed by atoms with Crippen LogP contribution in [-0.4, -0.2) is 77.3 Å². The topological polar surface area (TPSA) is 61.5 Å². The Morgan fingerprint density at radius 2 is 2.21 bits per heavy atom. The van der Waals surface area contributed by atoms with Gasteiger partial charge in [0.05, 0.1) is 13.2 Å². The van der Waals surface area contributed by atoms with Crippen molar-refractivity contribution < 1.29 is 18.3 Å². The summed E-state index contributed by atoms with van der Waals surface area (Å²) < 4.78 is 32.5. The van der Waals surface area contributed by atoms with Gasteiger partial charge in [0.2, 0.25) is 0 Å². The lowest BCUT2D eigenvalue weighted by Crippen LogP contribution is -2.62. The van der Waals surface area contributed by atoms with Crippen molar-refractivity contribution >= 4 is 5.91 Å². The average molecular weight is 340 g/mol. The molecule has 0 bridgehead atoms. The SMILES string of the molecule is COC[C@@H]1CC(F)(F)CN1C1CN(C(=O)c2cc(C3CC3)[nH]n2)C1. The van der Waals surface area contributed by atoms with Crippen LogP contribution in [0.5, 0.6) is 0 Å². The smallest absolute Gasteiger partial charge is 0.274 e. The standard InChI is InChI=1S/C16H22F2N4O2/c1-24-8-11-5-16(17,18)9-22(11)12-6-21(7-12)15(23)14-4-13(19-20-14)10-2-3-10/h4,10-12H,2-3,5-9H2,1H3,(H,19,20)/t11-/m0/s1. The van der Waals surface area contributed by atoms with Crippen molar-refractivity contribution in [2.24, 2.45) is 0 Å². The zero-order chi connectivity index (χ0) is 16.9. The maximum absolute atomic E-state index is 13.7. The summed E-state index contributed by atoms with van der Waals surface area (Å²) in [5.74, 6) is -2.27. The Morgan fingerprint density at radius 1 is 1.46 bits per heavy atom. The van der Waals surface area contributed by atoms with Crippen LogP contribution in [-0.2, 0) is 4.74 Å². The fraction of sp³-hybridized carbons (Fsp3) is 0.750. The monoisotopic (exact) mass is 340 g/mol. The molecule has 1 aliphatic carbocycles. The molecule has 1 saturated carbocycles. The Bertz CT molecular complexity index is 625. The normalized spacial score (nSPS) is 27.5. The van der Waals surface area contributed by atoms with E-state index in [2.05, 4.69) is 10.2 Å². The van der Waals surface area contributed by atoms with Gasteiger partial charge in [-0.15, -0.1) is 0 Å². The Balaban J connectivity index is 1.35. The quantitative estimate of drug-likeness (QED) is 0.882. The van der Waals surface area contributed by atoms with E-state index >= 15 is 0 Å². The van der Waals surface area contributed by atoms with Crippen LogP contribution < -0.4 is 0 Å². The number of halogens is 2. The van der Waals surface area contributed by atoms with Crippen LogP contribution in [0.25, 0.3) is 0 Å². The second kappa shape index (κ2) is 5.77. The average Bonchev–Trinajstić information content (AvgIpc) is 3.12. The van der Waals surface area contributed by atoms with Gasteiger partial charge in [-0.1, -0.05) is 0 Å². The number of alkyl halides is 2. The minimum atomic E-state index is -2.67. The van der Waals surface area contributed by atoms with E-state index in [1.54, 1.807) is 9.80 Å². The summed E-state index contributed by atoms with van der Waals surface area (Å²) in [6.45, 7) is 0.994. The molecule has 8 heteroatoms. The van der Waals surface area contributed by atoms with Gasteiger partial charge < -0.3 is 9.64 Å². The van der Waals surface area contributed by atoms with Gasteiger partial charge in [-0.3, -0.25) is 14.8 Å². The zero-order valence-corrected chi connectivity index (χ0v) is 13.7. The number of rotatable bonds is 5. The van der Waals surface area contributed by atoms with E-state index < -0.39 is 5.92 Å². The Kier molecular flexibility index (Phi) is 3.84. The highest BCUT2D eigenvalue weighted by atomic mass is 19.3. The molecule has 0 unspecified atom stereocenters. The van der Waals surface area contributed by atoms with E-state index in [0.29, 0.717) is 31.3 Å². The number of nitrogens with one attached hydrogen (secondary N) is 1. The van der Waals surface area contributed by atoms with Crippen molar-refractivity contribution in [3.63, 3.8) is 0 Å². The second-order valence-corrected chi connectivity index (χ2v) is 7.19. The molecule has 2 aliphatic heterocycles. The molecule has 1 N–H and O–H groups in total. The fourth-order valence-electron chi connectivity index (χ4n) is 3.74. The molecular formula is C16H22F2N4O2. The van der Waals surface area contributed by atoms with E-state index in [1.165, 1.54) is 7.11 Å². The largest absolute Gasteiger partial charge is 0.383 e. The molecule has 6 nitrogen and oxygen atoms in total. The number of likely N-dealkylation sites (tertiary alicyclic amines) is 2. The van der Waals surface area contributed by atoms with Crippen molar-refractivity contribution in [1.29, 1.82) is 0 Å². The third-order valence-corrected chi connectivity index (χ3v) is 5.23. The molecule has 1 atom stereocenters. The van der Waals surface area contributed by atoms with E-state index in [0.717, 1.165) is 18.5 Å². The van der Waals surface area contributed by atoms with Crippen LogP contribution in [0.1, 0.15) is 41.4 Å². The van der Waals surface area contributed by atoms with Gasteiger partial charge in [-0.2, -0.15) is 5.10 Å². The maximum Gasteiger partial charge on any atom is 0.274 e. The number of amides is 1. The molecule has 0 radical (unpaired) electrons. The van der Waals surface area contributed by atoms with Crippen LogP contribution in [0.3, 0.4) is 0 Å². The van der Waals surface area contributed by atoms with Crippen LogP contribution in [0.2, 0.25) is 0 Å². The molecule has 0 spiro atoms. The Hall–Kier alpha value is -1.54. The Labute approximate surface area is 139 Å². The van der Waals surface area contributed by atoms with Crippen LogP contribution in [0, 0.1) is 0 Å². The van der Waals surface area contributed by atoms with Gasteiger partial charge in [0.15, 0.2) is 0 Å². The molecular weight excluding hydrogens is 318 g/mol. The predicted octanol–water partition coefficient (Wildman–Crippen LogP) is 1.47. The summed E-state index contributed by atoms with van der Waals surface area (Å²) in [5.41, 5.74) is 1.45. The first-order chi connectivity index (χ1) is 11.5. The summed E-state index contributed by atoms with van der Waals surface area (Å²) in [5, 5.41) is 7.03. The third-order valence-electron chi connectivity index (χ3n) is 5.23. The van der Waals surface area contributed by atoms with E-state index in [9.17, 15) is 13.6 Å². The van der Waals surface area contributed by atoms with Crippen molar-refractivity contribution in [3.05, 3.63) is 17.5 Å². The van der Waals surface area contributed by atoms with Crippen molar-refractivity contribution in [2.45, 2.75) is 43.2 Å². The minimum absolute atomic E-state index is 0.0238. The highest BCUT2D eigenvalue weighted by molar-refractivity contribution is 5.93. The first-order valence-corrected chi connectivity index (χ1v) is 8.44. The molecule has 1 amide bonds. The zero-order valence-electron chi connectivity index (χ0n) is 13.7. The predicted molar refractivity (Wildman–Crippen MR) is 82.2 cm³/mol. The summed E-state index contributed by atoms with van der Waals surface area (Å²) in [6.07, 6.45) is 2.12. The number of hydrogen-bond acceptors (Lipinski definition) is 4. The third kappa shape index (κ3) is 2.93. The minimum Gasteiger partial charge on any atom is -0.383 e. The number of aromatic nitrogens is 2. The lowest BCUT2D eigenvalue weighted by molar-refractivity contribution is -0.0137. The maximum atomic E-state index is 13.7. The first-order valence-electron chi connectivity index (χ1n) is 8.44. The van der Waals surface area contributed by atoms with Gasteiger partial charge in [-0.25, -0.2) is 8.78 Å². The highest BCUT2D eigenvalue weighted by Crippen LogP contribution is 2.39. The van der Waals surface area contributed by atoms with Crippen molar-refractivity contribution in [3.8, 4) is 0 Å². The molecule has 3 aliphatic rings. The summed E-state index contributed by atoms with van der Waals surface area (Å²) >= 11 is 0. The van der Waals surface area contributed by atoms with E-state index in [-0.39, 0.29) is 31.0 Å². The molecule has 0 aromatic carbocycles. The Morgan fingerprint density at radius 3 is 2.88 bits per heavy atom. The number of aromatic amines is 1. The number of methoxy groups -OCH3 is 1. The molecule has 1 aromatic rings. The van der Waals surface area contributed by atoms with Crippen molar-refractivity contribution in [1.82, 2.24) is 20.0 Å². The molecule has 3 fully saturated rings. The van der Waals surface area contributed by atoms with Crippen LogP contribution in [0.4, 0.5) is 8.78 Å². The molecule has 3 heterocycles. The summed E-state index contributed by atoms with van der Waals surface area (Å²) in [7, 11) is 1.53. The number of carbonyl (C=O) groups is 1. The highest BCUT2D eigenvalue weighted by Gasteiger charge is 2.50. The molecule has 2 saturated heterocycles. The molecule has 24 heavy (non-hydrogen) atoms. The van der Waals surface area contributed by atoms with Gasteiger partial charge in [0.1, 0.15) is 5.69 Å². The van der Waals surface area contributed by atoms with E-state index in [4.69, 9.17) is 4.74 Å². The van der Waals surface area contributed by atoms with Crippen molar-refractivity contribution in [2.75, 3.05) is 33.4 Å². The fourth-order valence-corrected chi connectivity index (χ4v) is 3.74. The first kappa shape index (κ1) is 16.0. The molecule has 1 aromatic heterocycles. The number of hydrogen-bond donors (Lipinski definition) is 1. The second-order valence-electron chi connectivity index (χ2n) is 7.19. The number of nitrogens with zero attached hydrogens (tertiary/aromatic N) is 3. The van der Waals surface area contributed by atoms with Crippen LogP contribution >= 0.6 is 0 Å². The number of carbonyl (C=O) groups excluding carboxylic acids is 1. The van der Waals surface area contributed by atoms with Gasteiger partial charge in [0, 0.05) is 50.3 Å².